The molecule has 0 saturated heterocycles. The zero-order valence-electron chi connectivity index (χ0n) is 14.0. The number of nitro benzene ring substituents is 2. The number of nitro groups is 2. The van der Waals surface area contributed by atoms with Gasteiger partial charge in [-0.3, -0.25) is 20.2 Å². The highest BCUT2D eigenvalue weighted by atomic mass is 35.5. The maximum absolute atomic E-state index is 11.3. The van der Waals surface area contributed by atoms with Gasteiger partial charge in [0.05, 0.1) is 9.85 Å². The van der Waals surface area contributed by atoms with Crippen molar-refractivity contribution < 1.29 is 26.8 Å². The quantitative estimate of drug-likeness (QED) is 0.371. The first kappa shape index (κ1) is 19.3. The van der Waals surface area contributed by atoms with Crippen LogP contribution in [0.3, 0.4) is 0 Å². The highest BCUT2D eigenvalue weighted by Crippen LogP contribution is 2.31. The number of hydrogen-bond donors (Lipinski definition) is 0. The maximum atomic E-state index is 11.3. The van der Waals surface area contributed by atoms with Crippen LogP contribution in [-0.4, -0.2) is 9.85 Å². The normalized spacial score (nSPS) is 10.3. The number of hydrogen-bond acceptors (Lipinski definition) is 4. The van der Waals surface area contributed by atoms with Crippen LogP contribution in [0.5, 0.6) is 0 Å². The third kappa shape index (κ3) is 3.48. The Bertz CT molecular complexity index is 959. The molecule has 0 aliphatic heterocycles. The number of para-hydroxylation sites is 1. The number of aryl methyl sites for hydroxylation is 1. The van der Waals surface area contributed by atoms with Crippen LogP contribution in [0.4, 0.5) is 11.4 Å². The summed E-state index contributed by atoms with van der Waals surface area (Å²) in [5, 5.41) is 23.6. The van der Waals surface area contributed by atoms with Crippen molar-refractivity contribution >= 4 is 22.3 Å². The second-order valence-electron chi connectivity index (χ2n) is 5.61. The lowest BCUT2D eigenvalue weighted by Crippen LogP contribution is -3.00. The van der Waals surface area contributed by atoms with Gasteiger partial charge in [-0.1, -0.05) is 12.1 Å². The van der Waals surface area contributed by atoms with E-state index < -0.39 is 9.85 Å². The summed E-state index contributed by atoms with van der Waals surface area (Å²) < 4.78 is 2.06. The molecule has 0 radical (unpaired) electrons. The molecule has 0 aliphatic rings. The number of aromatic nitrogens is 1. The van der Waals surface area contributed by atoms with Crippen molar-refractivity contribution in [2.45, 2.75) is 19.9 Å². The predicted octanol–water partition coefficient (Wildman–Crippen LogP) is 0.558. The molecule has 0 fully saturated rings. The number of pyridine rings is 1. The summed E-state index contributed by atoms with van der Waals surface area (Å²) in [5.41, 5.74) is 1.47. The second kappa shape index (κ2) is 7.88. The van der Waals surface area contributed by atoms with E-state index in [2.05, 4.69) is 4.57 Å². The van der Waals surface area contributed by atoms with E-state index >= 15 is 0 Å². The van der Waals surface area contributed by atoms with E-state index in [4.69, 9.17) is 0 Å². The number of fused-ring (bicyclic) bond motifs is 1. The summed E-state index contributed by atoms with van der Waals surface area (Å²) in [4.78, 5) is 21.5. The fourth-order valence-corrected chi connectivity index (χ4v) is 3.05. The summed E-state index contributed by atoms with van der Waals surface area (Å²) in [7, 11) is 0. The Morgan fingerprint density at radius 3 is 2.12 bits per heavy atom. The molecule has 0 unspecified atom stereocenters. The van der Waals surface area contributed by atoms with Crippen molar-refractivity contribution in [3.8, 4) is 0 Å². The van der Waals surface area contributed by atoms with Crippen LogP contribution in [0.1, 0.15) is 18.1 Å². The molecule has 0 spiro atoms. The zero-order valence-corrected chi connectivity index (χ0v) is 14.7. The summed E-state index contributed by atoms with van der Waals surface area (Å²) in [6, 6.07) is 13.5. The van der Waals surface area contributed by atoms with E-state index in [0.717, 1.165) is 23.0 Å². The van der Waals surface area contributed by atoms with Crippen molar-refractivity contribution in [2.75, 3.05) is 0 Å². The molecule has 3 aromatic rings. The molecule has 0 N–H and O–H groups in total. The Morgan fingerprint density at radius 1 is 0.923 bits per heavy atom. The highest BCUT2D eigenvalue weighted by molar-refractivity contribution is 5.80. The van der Waals surface area contributed by atoms with Crippen molar-refractivity contribution in [3.05, 3.63) is 86.1 Å². The van der Waals surface area contributed by atoms with Crippen LogP contribution in [0.15, 0.2) is 54.7 Å². The lowest BCUT2D eigenvalue weighted by molar-refractivity contribution is -0.667. The minimum absolute atomic E-state index is 0. The maximum Gasteiger partial charge on any atom is 0.279 e. The van der Waals surface area contributed by atoms with Crippen LogP contribution >= 0.6 is 0 Å². The van der Waals surface area contributed by atoms with Crippen molar-refractivity contribution in [2.24, 2.45) is 0 Å². The number of rotatable bonds is 5. The van der Waals surface area contributed by atoms with Crippen molar-refractivity contribution in [1.82, 2.24) is 0 Å². The first-order valence-corrected chi connectivity index (χ1v) is 7.83. The van der Waals surface area contributed by atoms with E-state index in [-0.39, 0.29) is 35.8 Å². The predicted molar refractivity (Wildman–Crippen MR) is 92.4 cm³/mol. The molecule has 0 amide bonds. The van der Waals surface area contributed by atoms with Crippen LogP contribution in [0.25, 0.3) is 10.9 Å². The van der Waals surface area contributed by atoms with Gasteiger partial charge in [0, 0.05) is 36.1 Å². The van der Waals surface area contributed by atoms with E-state index in [0.29, 0.717) is 0 Å². The molecule has 0 atom stereocenters. The van der Waals surface area contributed by atoms with E-state index in [1.165, 1.54) is 18.2 Å². The molecule has 3 rings (SSSR count). The largest absolute Gasteiger partial charge is 1.00 e. The average molecular weight is 374 g/mol. The van der Waals surface area contributed by atoms with Gasteiger partial charge in [0.2, 0.25) is 5.52 Å². The van der Waals surface area contributed by atoms with Crippen LogP contribution in [0, 0.1) is 20.2 Å². The molecule has 0 aliphatic carbocycles. The van der Waals surface area contributed by atoms with Gasteiger partial charge in [-0.2, -0.15) is 4.57 Å². The minimum Gasteiger partial charge on any atom is -1.00 e. The Hall–Kier alpha value is -3.06. The molecular weight excluding hydrogens is 358 g/mol. The number of halogens is 1. The standard InChI is InChI=1S/C18H16N3O4.ClH/c1-2-19-11-10-13(14-6-3-4-7-16(14)19)12-15-17(20(22)23)8-5-9-18(15)21(24)25;/h3-11H,2,12H2,1H3;1H/q+1;/p-1. The SMILES string of the molecule is CC[n+]1ccc(Cc2c([N+](=O)[O-])cccc2[N+](=O)[O-])c2ccccc21.[Cl-]. The molecule has 2 aromatic carbocycles. The first-order valence-electron chi connectivity index (χ1n) is 7.83. The smallest absolute Gasteiger partial charge is 0.279 e. The van der Waals surface area contributed by atoms with Gasteiger partial charge in [-0.15, -0.1) is 0 Å². The van der Waals surface area contributed by atoms with Crippen molar-refractivity contribution in [3.63, 3.8) is 0 Å². The summed E-state index contributed by atoms with van der Waals surface area (Å²) in [6.07, 6.45) is 2.02. The molecule has 7 nitrogen and oxygen atoms in total. The van der Waals surface area contributed by atoms with Gasteiger partial charge in [-0.05, 0) is 24.6 Å². The zero-order chi connectivity index (χ0) is 18.0. The van der Waals surface area contributed by atoms with Gasteiger partial charge in [0.25, 0.3) is 11.4 Å². The molecule has 1 aromatic heterocycles. The van der Waals surface area contributed by atoms with Gasteiger partial charge >= 0.3 is 0 Å². The van der Waals surface area contributed by atoms with Gasteiger partial charge in [0.1, 0.15) is 12.1 Å². The van der Waals surface area contributed by atoms with Crippen LogP contribution < -0.4 is 17.0 Å². The molecule has 0 bridgehead atoms. The lowest BCUT2D eigenvalue weighted by atomic mass is 9.98. The molecule has 0 saturated carbocycles. The van der Waals surface area contributed by atoms with Gasteiger partial charge in [-0.25, -0.2) is 0 Å². The summed E-state index contributed by atoms with van der Waals surface area (Å²) in [5.74, 6) is 0. The van der Waals surface area contributed by atoms with E-state index in [9.17, 15) is 20.2 Å². The monoisotopic (exact) mass is 373 g/mol. The molecular formula is C18H16ClN3O4. The van der Waals surface area contributed by atoms with Crippen LogP contribution in [0.2, 0.25) is 0 Å². The first-order chi connectivity index (χ1) is 12.0. The van der Waals surface area contributed by atoms with Crippen LogP contribution in [-0.2, 0) is 13.0 Å². The third-order valence-electron chi connectivity index (χ3n) is 4.24. The fourth-order valence-electron chi connectivity index (χ4n) is 3.05. The molecule has 26 heavy (non-hydrogen) atoms. The second-order valence-corrected chi connectivity index (χ2v) is 5.61. The summed E-state index contributed by atoms with van der Waals surface area (Å²) >= 11 is 0. The molecule has 134 valence electrons. The average Bonchev–Trinajstić information content (AvgIpc) is 2.61. The number of nitrogens with zero attached hydrogens (tertiary/aromatic N) is 3. The molecule has 1 heterocycles. The topological polar surface area (TPSA) is 90.2 Å². The van der Waals surface area contributed by atoms with Crippen molar-refractivity contribution in [1.29, 1.82) is 0 Å². The molecule has 8 heteroatoms. The van der Waals surface area contributed by atoms with E-state index in [1.807, 2.05) is 43.5 Å². The minimum atomic E-state index is -0.570. The highest BCUT2D eigenvalue weighted by Gasteiger charge is 2.25. The Kier molecular flexibility index (Phi) is 5.84. The van der Waals surface area contributed by atoms with Gasteiger partial charge < -0.3 is 12.4 Å². The Labute approximate surface area is 155 Å². The summed E-state index contributed by atoms with van der Waals surface area (Å²) in [6.45, 7) is 2.81. The Balaban J connectivity index is 0.00000243. The Morgan fingerprint density at radius 2 is 1.54 bits per heavy atom. The fraction of sp³-hybridized carbons (Fsp3) is 0.167. The van der Waals surface area contributed by atoms with E-state index in [1.54, 1.807) is 0 Å². The lowest BCUT2D eigenvalue weighted by Gasteiger charge is -2.07. The number of benzene rings is 2. The van der Waals surface area contributed by atoms with Gasteiger partial charge in [0.15, 0.2) is 6.20 Å². The third-order valence-corrected chi connectivity index (χ3v) is 4.24.